The zero-order chi connectivity index (χ0) is 9.80. The van der Waals surface area contributed by atoms with Crippen LogP contribution in [0.4, 0.5) is 0 Å². The summed E-state index contributed by atoms with van der Waals surface area (Å²) in [5.41, 5.74) is 0. The van der Waals surface area contributed by atoms with Crippen LogP contribution >= 0.6 is 0 Å². The quantitative estimate of drug-likeness (QED) is 0.708. The van der Waals surface area contributed by atoms with Crippen molar-refractivity contribution in [3.8, 4) is 0 Å². The standard InChI is InChI=1S/C13H25N/c1-2-6-13(11-9-10-11)14-12-7-4-3-5-8-12/h11-14H,2-10H2,1H3. The molecule has 0 heterocycles. The van der Waals surface area contributed by atoms with Crippen LogP contribution in [-0.4, -0.2) is 12.1 Å². The Morgan fingerprint density at radius 1 is 1.07 bits per heavy atom. The first kappa shape index (κ1) is 10.5. The van der Waals surface area contributed by atoms with Crippen LogP contribution in [0.1, 0.15) is 64.7 Å². The lowest BCUT2D eigenvalue weighted by atomic mass is 9.93. The summed E-state index contributed by atoms with van der Waals surface area (Å²) in [5, 5.41) is 3.92. The summed E-state index contributed by atoms with van der Waals surface area (Å²) in [7, 11) is 0. The van der Waals surface area contributed by atoms with E-state index in [1.165, 1.54) is 57.8 Å². The van der Waals surface area contributed by atoms with Gasteiger partial charge in [0.1, 0.15) is 0 Å². The Morgan fingerprint density at radius 2 is 1.79 bits per heavy atom. The van der Waals surface area contributed by atoms with Crippen molar-refractivity contribution in [2.75, 3.05) is 0 Å². The second-order valence-corrected chi connectivity index (χ2v) is 5.23. The van der Waals surface area contributed by atoms with Gasteiger partial charge in [-0.3, -0.25) is 0 Å². The highest BCUT2D eigenvalue weighted by Crippen LogP contribution is 2.35. The highest BCUT2D eigenvalue weighted by atomic mass is 15.0. The maximum Gasteiger partial charge on any atom is 0.00978 e. The molecular formula is C13H25N. The van der Waals surface area contributed by atoms with Crippen LogP contribution < -0.4 is 5.32 Å². The predicted molar refractivity (Wildman–Crippen MR) is 61.4 cm³/mol. The topological polar surface area (TPSA) is 12.0 Å². The summed E-state index contributed by atoms with van der Waals surface area (Å²) in [6.07, 6.45) is 13.0. The van der Waals surface area contributed by atoms with Crippen LogP contribution in [0.15, 0.2) is 0 Å². The zero-order valence-electron chi connectivity index (χ0n) is 9.60. The van der Waals surface area contributed by atoms with Gasteiger partial charge in [0.25, 0.3) is 0 Å². The second kappa shape index (κ2) is 5.16. The van der Waals surface area contributed by atoms with Gasteiger partial charge in [-0.25, -0.2) is 0 Å². The molecule has 2 aliphatic rings. The molecule has 1 nitrogen and oxygen atoms in total. The summed E-state index contributed by atoms with van der Waals surface area (Å²) in [6, 6.07) is 1.73. The SMILES string of the molecule is CCCC(NC1CCCCC1)C1CC1. The minimum absolute atomic E-state index is 0.862. The molecule has 1 N–H and O–H groups in total. The van der Waals surface area contributed by atoms with Gasteiger partial charge in [0.15, 0.2) is 0 Å². The highest BCUT2D eigenvalue weighted by Gasteiger charge is 2.31. The first-order chi connectivity index (χ1) is 6.90. The number of hydrogen-bond donors (Lipinski definition) is 1. The van der Waals surface area contributed by atoms with E-state index in [1.54, 1.807) is 0 Å². The molecule has 0 spiro atoms. The third kappa shape index (κ3) is 2.98. The van der Waals surface area contributed by atoms with E-state index in [0.717, 1.165) is 18.0 Å². The molecule has 0 radical (unpaired) electrons. The van der Waals surface area contributed by atoms with Gasteiger partial charge in [-0.1, -0.05) is 32.6 Å². The molecule has 2 fully saturated rings. The van der Waals surface area contributed by atoms with Crippen molar-refractivity contribution in [1.29, 1.82) is 0 Å². The van der Waals surface area contributed by atoms with Crippen LogP contribution in [0.3, 0.4) is 0 Å². The van der Waals surface area contributed by atoms with Gasteiger partial charge in [0.05, 0.1) is 0 Å². The first-order valence-electron chi connectivity index (χ1n) is 6.66. The Morgan fingerprint density at radius 3 is 2.36 bits per heavy atom. The van der Waals surface area contributed by atoms with Gasteiger partial charge in [-0.15, -0.1) is 0 Å². The molecule has 2 saturated carbocycles. The molecule has 1 unspecified atom stereocenters. The van der Waals surface area contributed by atoms with Crippen molar-refractivity contribution in [2.24, 2.45) is 5.92 Å². The van der Waals surface area contributed by atoms with Crippen LogP contribution in [0.2, 0.25) is 0 Å². The van der Waals surface area contributed by atoms with Crippen LogP contribution in [0.5, 0.6) is 0 Å². The Balaban J connectivity index is 1.73. The fourth-order valence-electron chi connectivity index (χ4n) is 2.84. The minimum Gasteiger partial charge on any atom is -0.311 e. The molecule has 1 atom stereocenters. The average molecular weight is 195 g/mol. The van der Waals surface area contributed by atoms with E-state index < -0.39 is 0 Å². The van der Waals surface area contributed by atoms with Gasteiger partial charge >= 0.3 is 0 Å². The molecule has 2 rings (SSSR count). The largest absolute Gasteiger partial charge is 0.311 e. The molecule has 1 heteroatoms. The van der Waals surface area contributed by atoms with Crippen molar-refractivity contribution in [3.63, 3.8) is 0 Å². The molecule has 0 aromatic heterocycles. The average Bonchev–Trinajstić information content (AvgIpc) is 3.02. The first-order valence-corrected chi connectivity index (χ1v) is 6.66. The maximum absolute atomic E-state index is 3.92. The van der Waals surface area contributed by atoms with Crippen molar-refractivity contribution in [1.82, 2.24) is 5.32 Å². The van der Waals surface area contributed by atoms with Gasteiger partial charge in [0.2, 0.25) is 0 Å². The lowest BCUT2D eigenvalue weighted by molar-refractivity contribution is 0.309. The van der Waals surface area contributed by atoms with Gasteiger partial charge in [0, 0.05) is 12.1 Å². The smallest absolute Gasteiger partial charge is 0.00978 e. The van der Waals surface area contributed by atoms with Gasteiger partial charge in [-0.2, -0.15) is 0 Å². The normalized spacial score (nSPS) is 26.4. The van der Waals surface area contributed by atoms with E-state index in [2.05, 4.69) is 12.2 Å². The molecule has 0 aromatic carbocycles. The lowest BCUT2D eigenvalue weighted by Crippen LogP contribution is -2.40. The molecule has 82 valence electrons. The Hall–Kier alpha value is -0.0400. The molecule has 0 aliphatic heterocycles. The Labute approximate surface area is 88.7 Å². The predicted octanol–water partition coefficient (Wildman–Crippen LogP) is 3.49. The van der Waals surface area contributed by atoms with Crippen molar-refractivity contribution in [2.45, 2.75) is 76.8 Å². The third-order valence-electron chi connectivity index (χ3n) is 3.85. The van der Waals surface area contributed by atoms with Crippen molar-refractivity contribution >= 4 is 0 Å². The van der Waals surface area contributed by atoms with E-state index in [-0.39, 0.29) is 0 Å². The lowest BCUT2D eigenvalue weighted by Gasteiger charge is -2.28. The van der Waals surface area contributed by atoms with E-state index in [4.69, 9.17) is 0 Å². The monoisotopic (exact) mass is 195 g/mol. The van der Waals surface area contributed by atoms with Crippen LogP contribution in [0.25, 0.3) is 0 Å². The zero-order valence-corrected chi connectivity index (χ0v) is 9.60. The summed E-state index contributed by atoms with van der Waals surface area (Å²) in [6.45, 7) is 2.32. The summed E-state index contributed by atoms with van der Waals surface area (Å²) in [4.78, 5) is 0. The maximum atomic E-state index is 3.92. The summed E-state index contributed by atoms with van der Waals surface area (Å²) >= 11 is 0. The molecule has 14 heavy (non-hydrogen) atoms. The van der Waals surface area contributed by atoms with Gasteiger partial charge in [-0.05, 0) is 38.0 Å². The van der Waals surface area contributed by atoms with Crippen molar-refractivity contribution < 1.29 is 0 Å². The molecular weight excluding hydrogens is 170 g/mol. The minimum atomic E-state index is 0.862. The number of rotatable bonds is 5. The Bertz CT molecular complexity index is 157. The number of nitrogens with one attached hydrogen (secondary N) is 1. The van der Waals surface area contributed by atoms with Crippen LogP contribution in [0, 0.1) is 5.92 Å². The Kier molecular flexibility index (Phi) is 3.86. The van der Waals surface area contributed by atoms with Crippen molar-refractivity contribution in [3.05, 3.63) is 0 Å². The third-order valence-corrected chi connectivity index (χ3v) is 3.85. The van der Waals surface area contributed by atoms with Crippen LogP contribution in [-0.2, 0) is 0 Å². The van der Waals surface area contributed by atoms with E-state index >= 15 is 0 Å². The fourth-order valence-corrected chi connectivity index (χ4v) is 2.84. The molecule has 0 bridgehead atoms. The van der Waals surface area contributed by atoms with Gasteiger partial charge < -0.3 is 5.32 Å². The molecule has 0 aromatic rings. The molecule has 2 aliphatic carbocycles. The second-order valence-electron chi connectivity index (χ2n) is 5.23. The fraction of sp³-hybridized carbons (Fsp3) is 1.00. The number of hydrogen-bond acceptors (Lipinski definition) is 1. The van der Waals surface area contributed by atoms with E-state index in [1.807, 2.05) is 0 Å². The van der Waals surface area contributed by atoms with E-state index in [0.29, 0.717) is 0 Å². The van der Waals surface area contributed by atoms with E-state index in [9.17, 15) is 0 Å². The summed E-state index contributed by atoms with van der Waals surface area (Å²) < 4.78 is 0. The highest BCUT2D eigenvalue weighted by molar-refractivity contribution is 4.88. The summed E-state index contributed by atoms with van der Waals surface area (Å²) in [5.74, 6) is 1.04. The molecule has 0 saturated heterocycles. The molecule has 0 amide bonds.